The minimum absolute atomic E-state index is 0.0272. The van der Waals surface area contributed by atoms with E-state index in [-0.39, 0.29) is 51.1 Å². The summed E-state index contributed by atoms with van der Waals surface area (Å²) in [5.41, 5.74) is 0. The fourth-order valence-electron chi connectivity index (χ4n) is 4.80. The molecule has 2 atom stereocenters. The highest BCUT2D eigenvalue weighted by Gasteiger charge is 2.23. The molecular formula is C32H55N5O11. The molecule has 16 heteroatoms. The Bertz CT molecular complexity index is 1010. The second-order valence-electron chi connectivity index (χ2n) is 11.7. The van der Waals surface area contributed by atoms with E-state index >= 15 is 0 Å². The van der Waals surface area contributed by atoms with Crippen LogP contribution in [-0.2, 0) is 38.4 Å². The molecule has 0 aromatic heterocycles. The normalized spacial score (nSPS) is 11.8. The first-order valence-electron chi connectivity index (χ1n) is 16.9. The Morgan fingerprint density at radius 3 is 1.44 bits per heavy atom. The molecule has 0 rings (SSSR count). The fraction of sp³-hybridized carbons (Fsp3) is 0.750. The lowest BCUT2D eigenvalue weighted by Crippen LogP contribution is -2.47. The minimum atomic E-state index is -1.53. The minimum Gasteiger partial charge on any atom is -0.481 e. The Morgan fingerprint density at radius 1 is 0.500 bits per heavy atom. The van der Waals surface area contributed by atoms with Crippen LogP contribution in [0.2, 0.25) is 0 Å². The van der Waals surface area contributed by atoms with Crippen LogP contribution in [0.1, 0.15) is 122 Å². The van der Waals surface area contributed by atoms with Crippen molar-refractivity contribution in [2.75, 3.05) is 19.6 Å². The van der Waals surface area contributed by atoms with Crippen LogP contribution in [0.25, 0.3) is 0 Å². The van der Waals surface area contributed by atoms with Gasteiger partial charge in [0, 0.05) is 32.4 Å². The summed E-state index contributed by atoms with van der Waals surface area (Å²) < 4.78 is 0. The van der Waals surface area contributed by atoms with Gasteiger partial charge in [0.2, 0.25) is 30.0 Å². The fourth-order valence-corrected chi connectivity index (χ4v) is 4.80. The molecule has 0 bridgehead atoms. The van der Waals surface area contributed by atoms with Gasteiger partial charge in [0.15, 0.2) is 0 Å². The van der Waals surface area contributed by atoms with Crippen LogP contribution in [0.4, 0.5) is 0 Å². The molecule has 0 aromatic rings. The summed E-state index contributed by atoms with van der Waals surface area (Å²) in [5, 5.41) is 38.7. The zero-order valence-electron chi connectivity index (χ0n) is 27.9. The lowest BCUT2D eigenvalue weighted by Gasteiger charge is -2.15. The van der Waals surface area contributed by atoms with E-state index in [9.17, 15) is 43.5 Å². The van der Waals surface area contributed by atoms with Crippen molar-refractivity contribution >= 4 is 47.9 Å². The molecule has 0 spiro atoms. The van der Waals surface area contributed by atoms with Crippen molar-refractivity contribution in [3.8, 4) is 0 Å². The molecule has 0 saturated heterocycles. The molecule has 0 fully saturated rings. The molecule has 16 nitrogen and oxygen atoms in total. The number of amides is 5. The van der Waals surface area contributed by atoms with Gasteiger partial charge in [-0.25, -0.2) is 9.59 Å². The third-order valence-corrected chi connectivity index (χ3v) is 7.48. The Labute approximate surface area is 281 Å². The van der Waals surface area contributed by atoms with Crippen LogP contribution in [0.15, 0.2) is 0 Å². The summed E-state index contributed by atoms with van der Waals surface area (Å²) in [6.45, 7) is -0.607. The predicted octanol–water partition coefficient (Wildman–Crippen LogP) is 1.60. The van der Waals surface area contributed by atoms with E-state index in [2.05, 4.69) is 26.6 Å². The first kappa shape index (κ1) is 43.8. The molecule has 0 aliphatic heterocycles. The van der Waals surface area contributed by atoms with E-state index in [1.54, 1.807) is 0 Å². The van der Waals surface area contributed by atoms with Crippen molar-refractivity contribution in [3.63, 3.8) is 0 Å². The molecule has 0 heterocycles. The topological polar surface area (TPSA) is 257 Å². The summed E-state index contributed by atoms with van der Waals surface area (Å²) in [5.74, 6) is -5.77. The zero-order chi connectivity index (χ0) is 36.0. The van der Waals surface area contributed by atoms with Gasteiger partial charge in [-0.05, 0) is 19.3 Å². The van der Waals surface area contributed by atoms with Crippen LogP contribution in [-0.4, -0.2) is 95.0 Å². The van der Waals surface area contributed by atoms with E-state index < -0.39 is 60.7 Å². The summed E-state index contributed by atoms with van der Waals surface area (Å²) >= 11 is 0. The summed E-state index contributed by atoms with van der Waals surface area (Å²) in [6, 6.07) is -2.69. The van der Waals surface area contributed by atoms with Crippen molar-refractivity contribution in [2.24, 2.45) is 0 Å². The quantitative estimate of drug-likeness (QED) is 0.0373. The molecule has 8 N–H and O–H groups in total. The summed E-state index contributed by atoms with van der Waals surface area (Å²) in [4.78, 5) is 91.4. The third kappa shape index (κ3) is 26.9. The van der Waals surface area contributed by atoms with E-state index in [1.807, 2.05) is 0 Å². The van der Waals surface area contributed by atoms with Crippen LogP contribution >= 0.6 is 0 Å². The van der Waals surface area contributed by atoms with Crippen molar-refractivity contribution in [1.82, 2.24) is 26.6 Å². The van der Waals surface area contributed by atoms with Crippen molar-refractivity contribution in [2.45, 2.75) is 134 Å². The molecule has 5 amide bonds. The highest BCUT2D eigenvalue weighted by molar-refractivity contribution is 5.89. The maximum absolute atomic E-state index is 12.2. The summed E-state index contributed by atoms with van der Waals surface area (Å²) in [7, 11) is 0. The zero-order valence-corrected chi connectivity index (χ0v) is 27.9. The lowest BCUT2D eigenvalue weighted by atomic mass is 10.0. The van der Waals surface area contributed by atoms with Gasteiger partial charge < -0.3 is 41.9 Å². The number of carbonyl (C=O) groups is 8. The van der Waals surface area contributed by atoms with E-state index in [1.165, 1.54) is 32.1 Å². The van der Waals surface area contributed by atoms with Crippen LogP contribution in [0.5, 0.6) is 0 Å². The van der Waals surface area contributed by atoms with Gasteiger partial charge in [-0.3, -0.25) is 28.8 Å². The second-order valence-corrected chi connectivity index (χ2v) is 11.7. The average molecular weight is 686 g/mol. The van der Waals surface area contributed by atoms with E-state index in [0.29, 0.717) is 6.42 Å². The number of carboxylic acids is 3. The number of unbranched alkanes of at least 4 members (excludes halogenated alkanes) is 13. The molecule has 0 aromatic carbocycles. The number of hydrogen-bond donors (Lipinski definition) is 8. The van der Waals surface area contributed by atoms with Gasteiger partial charge in [0.25, 0.3) is 0 Å². The highest BCUT2D eigenvalue weighted by atomic mass is 16.4. The van der Waals surface area contributed by atoms with Crippen LogP contribution in [0.3, 0.4) is 0 Å². The third-order valence-electron chi connectivity index (χ3n) is 7.48. The number of carboxylic acid groups (broad SMARTS) is 3. The maximum atomic E-state index is 12.2. The largest absolute Gasteiger partial charge is 0.481 e. The first-order valence-corrected chi connectivity index (χ1v) is 16.9. The first-order chi connectivity index (χ1) is 23.0. The average Bonchev–Trinajstić information content (AvgIpc) is 3.02. The lowest BCUT2D eigenvalue weighted by molar-refractivity contribution is -0.143. The van der Waals surface area contributed by atoms with Gasteiger partial charge in [0.1, 0.15) is 12.1 Å². The van der Waals surface area contributed by atoms with Crippen molar-refractivity contribution in [1.29, 1.82) is 0 Å². The van der Waals surface area contributed by atoms with Gasteiger partial charge in [-0.1, -0.05) is 77.0 Å². The number of rotatable bonds is 32. The van der Waals surface area contributed by atoms with Crippen LogP contribution < -0.4 is 26.6 Å². The van der Waals surface area contributed by atoms with Crippen molar-refractivity contribution in [3.05, 3.63) is 0 Å². The standard InChI is InChI=1S/C32H55N5O11/c38-23-33-22-29(42)37-25(32(47)48)21-28(41)35-20-18-26(39)34-19-17-24(31(45)46)36-27(40)15-13-11-9-7-5-3-1-2-4-6-8-10-12-14-16-30(43)44/h23-25H,1-22H2,(H,33,38)(H,34,39)(H,35,41)(H,36,40)(H,37,42)(H,43,44)(H,45,46)(H,47,48). The van der Waals surface area contributed by atoms with Gasteiger partial charge in [0.05, 0.1) is 13.0 Å². The number of carbonyl (C=O) groups excluding carboxylic acids is 5. The van der Waals surface area contributed by atoms with Crippen LogP contribution in [0, 0.1) is 0 Å². The number of nitrogens with one attached hydrogen (secondary N) is 5. The SMILES string of the molecule is O=CNCC(=O)NC(CC(=O)NCCC(=O)NCCC(NC(=O)CCCCCCCCCCCCCCCCC(=O)O)C(=O)O)C(=O)O. The second kappa shape index (κ2) is 28.9. The van der Waals surface area contributed by atoms with Gasteiger partial charge in [-0.15, -0.1) is 0 Å². The molecular weight excluding hydrogens is 630 g/mol. The monoisotopic (exact) mass is 685 g/mol. The molecule has 0 aliphatic rings. The Hall–Kier alpha value is -4.24. The van der Waals surface area contributed by atoms with Gasteiger partial charge >= 0.3 is 17.9 Å². The Balaban J connectivity index is 3.95. The number of hydrogen-bond acceptors (Lipinski definition) is 8. The smallest absolute Gasteiger partial charge is 0.326 e. The maximum Gasteiger partial charge on any atom is 0.326 e. The molecule has 2 unspecified atom stereocenters. The predicted molar refractivity (Wildman–Crippen MR) is 175 cm³/mol. The Kier molecular flexibility index (Phi) is 26.4. The summed E-state index contributed by atoms with van der Waals surface area (Å²) in [6.07, 6.45) is 14.8. The molecule has 0 radical (unpaired) electrons. The van der Waals surface area contributed by atoms with Gasteiger partial charge in [-0.2, -0.15) is 0 Å². The van der Waals surface area contributed by atoms with Crippen molar-refractivity contribution < 1.29 is 53.7 Å². The van der Waals surface area contributed by atoms with E-state index in [0.717, 1.165) is 51.4 Å². The molecule has 274 valence electrons. The number of aliphatic carboxylic acids is 3. The Morgan fingerprint density at radius 2 is 0.958 bits per heavy atom. The highest BCUT2D eigenvalue weighted by Crippen LogP contribution is 2.14. The van der Waals surface area contributed by atoms with E-state index in [4.69, 9.17) is 10.2 Å². The molecule has 0 aliphatic carbocycles. The molecule has 0 saturated carbocycles. The molecule has 48 heavy (non-hydrogen) atoms.